The Bertz CT molecular complexity index is 1100. The van der Waals surface area contributed by atoms with Crippen LogP contribution >= 0.6 is 23.5 Å². The number of methoxy groups -OCH3 is 1. The van der Waals surface area contributed by atoms with E-state index in [0.717, 1.165) is 21.8 Å². The number of oxazole rings is 1. The molecule has 1 aliphatic rings. The van der Waals surface area contributed by atoms with E-state index in [2.05, 4.69) is 20.0 Å². The van der Waals surface area contributed by atoms with Crippen molar-refractivity contribution in [3.63, 3.8) is 0 Å². The molecule has 0 saturated heterocycles. The van der Waals surface area contributed by atoms with Crippen LogP contribution in [-0.2, 0) is 4.79 Å². The molecule has 0 bridgehead atoms. The number of carbonyl (C=O) groups is 1. The first-order valence-corrected chi connectivity index (χ1v) is 10.4. The molecular formula is C21H19ClN4O3S. The molecule has 2 aromatic carbocycles. The maximum Gasteiger partial charge on any atom is 0.287 e. The molecule has 0 fully saturated rings. The topological polar surface area (TPSA) is 88.8 Å². The highest BCUT2D eigenvalue weighted by molar-refractivity contribution is 7.98. The van der Waals surface area contributed by atoms with E-state index in [1.54, 1.807) is 31.5 Å². The van der Waals surface area contributed by atoms with Crippen LogP contribution in [0.2, 0.25) is 5.02 Å². The van der Waals surface area contributed by atoms with E-state index in [4.69, 9.17) is 20.8 Å². The van der Waals surface area contributed by atoms with E-state index in [1.807, 2.05) is 25.1 Å². The van der Waals surface area contributed by atoms with Gasteiger partial charge in [0, 0.05) is 11.6 Å². The quantitative estimate of drug-likeness (QED) is 0.555. The SMILES string of the molecule is COc1cc(C)cc(C(CNC(=O)C2=Nc3ccc(Cl)cc3SN2)c2ncco2)c1. The van der Waals surface area contributed by atoms with Crippen molar-refractivity contribution in [2.45, 2.75) is 17.7 Å². The van der Waals surface area contributed by atoms with Gasteiger partial charge in [-0.2, -0.15) is 0 Å². The summed E-state index contributed by atoms with van der Waals surface area (Å²) in [6.45, 7) is 2.27. The van der Waals surface area contributed by atoms with Gasteiger partial charge in [0.1, 0.15) is 12.0 Å². The summed E-state index contributed by atoms with van der Waals surface area (Å²) in [6.07, 6.45) is 3.10. The number of rotatable bonds is 6. The number of aryl methyl sites for hydroxylation is 1. The molecule has 0 aliphatic carbocycles. The lowest BCUT2D eigenvalue weighted by Gasteiger charge is -2.19. The maximum absolute atomic E-state index is 12.8. The van der Waals surface area contributed by atoms with Crippen molar-refractivity contribution >= 4 is 41.0 Å². The molecule has 4 rings (SSSR count). The predicted molar refractivity (Wildman–Crippen MR) is 117 cm³/mol. The first kappa shape index (κ1) is 20.3. The molecule has 1 unspecified atom stereocenters. The zero-order chi connectivity index (χ0) is 21.1. The van der Waals surface area contributed by atoms with Gasteiger partial charge in [-0.3, -0.25) is 4.79 Å². The number of hydrogen-bond donors (Lipinski definition) is 2. The number of amides is 1. The Morgan fingerprint density at radius 2 is 2.20 bits per heavy atom. The van der Waals surface area contributed by atoms with Crippen molar-refractivity contribution in [2.24, 2.45) is 4.99 Å². The fourth-order valence-electron chi connectivity index (χ4n) is 3.13. The lowest BCUT2D eigenvalue weighted by atomic mass is 9.96. The zero-order valence-corrected chi connectivity index (χ0v) is 17.9. The second-order valence-electron chi connectivity index (χ2n) is 6.69. The first-order valence-electron chi connectivity index (χ1n) is 9.18. The van der Waals surface area contributed by atoms with Gasteiger partial charge in [0.15, 0.2) is 0 Å². The summed E-state index contributed by atoms with van der Waals surface area (Å²) in [5.74, 6) is 0.872. The molecular weight excluding hydrogens is 424 g/mol. The van der Waals surface area contributed by atoms with Gasteiger partial charge in [-0.05, 0) is 60.3 Å². The molecule has 1 amide bonds. The molecule has 0 saturated carbocycles. The van der Waals surface area contributed by atoms with Gasteiger partial charge < -0.3 is 19.2 Å². The van der Waals surface area contributed by atoms with Gasteiger partial charge >= 0.3 is 0 Å². The number of halogens is 1. The minimum atomic E-state index is -0.320. The molecule has 1 atom stereocenters. The summed E-state index contributed by atoms with van der Waals surface area (Å²) < 4.78 is 13.9. The highest BCUT2D eigenvalue weighted by Gasteiger charge is 2.24. The summed E-state index contributed by atoms with van der Waals surface area (Å²) in [4.78, 5) is 22.3. The van der Waals surface area contributed by atoms with E-state index >= 15 is 0 Å². The molecule has 30 heavy (non-hydrogen) atoms. The number of nitrogens with zero attached hydrogens (tertiary/aromatic N) is 2. The van der Waals surface area contributed by atoms with Crippen LogP contribution in [0.15, 0.2) is 63.2 Å². The minimum absolute atomic E-state index is 0.225. The Labute approximate surface area is 183 Å². The highest BCUT2D eigenvalue weighted by Crippen LogP contribution is 2.33. The van der Waals surface area contributed by atoms with Crippen molar-refractivity contribution in [1.29, 1.82) is 0 Å². The molecule has 1 aliphatic heterocycles. The Balaban J connectivity index is 1.54. The molecule has 0 spiro atoms. The van der Waals surface area contributed by atoms with Crippen LogP contribution in [0.5, 0.6) is 5.75 Å². The minimum Gasteiger partial charge on any atom is -0.497 e. The normalized spacial score (nSPS) is 13.6. The average molecular weight is 443 g/mol. The summed E-state index contributed by atoms with van der Waals surface area (Å²) in [6, 6.07) is 11.2. The number of hydrogen-bond acceptors (Lipinski definition) is 7. The zero-order valence-electron chi connectivity index (χ0n) is 16.3. The van der Waals surface area contributed by atoms with Crippen molar-refractivity contribution in [3.8, 4) is 5.75 Å². The number of aromatic nitrogens is 1. The van der Waals surface area contributed by atoms with Crippen LogP contribution in [0.4, 0.5) is 5.69 Å². The van der Waals surface area contributed by atoms with Crippen molar-refractivity contribution in [2.75, 3.05) is 13.7 Å². The largest absolute Gasteiger partial charge is 0.497 e. The summed E-state index contributed by atoms with van der Waals surface area (Å²) in [5.41, 5.74) is 2.67. The monoisotopic (exact) mass is 442 g/mol. The van der Waals surface area contributed by atoms with Crippen LogP contribution < -0.4 is 14.8 Å². The van der Waals surface area contributed by atoms with Gasteiger partial charge in [-0.25, -0.2) is 9.98 Å². The number of fused-ring (bicyclic) bond motifs is 1. The van der Waals surface area contributed by atoms with Gasteiger partial charge in [-0.1, -0.05) is 17.7 Å². The Hall–Kier alpha value is -2.97. The van der Waals surface area contributed by atoms with Crippen molar-refractivity contribution in [3.05, 3.63) is 70.9 Å². The van der Waals surface area contributed by atoms with E-state index in [-0.39, 0.29) is 24.2 Å². The number of aliphatic imine (C=N–C) groups is 1. The van der Waals surface area contributed by atoms with Gasteiger partial charge in [-0.15, -0.1) is 0 Å². The third-order valence-electron chi connectivity index (χ3n) is 4.55. The molecule has 154 valence electrons. The predicted octanol–water partition coefficient (Wildman–Crippen LogP) is 4.23. The Kier molecular flexibility index (Phi) is 5.96. The molecule has 7 nitrogen and oxygen atoms in total. The molecule has 1 aromatic heterocycles. The number of ether oxygens (including phenoxy) is 1. The highest BCUT2D eigenvalue weighted by atomic mass is 35.5. The first-order chi connectivity index (χ1) is 14.5. The molecule has 9 heteroatoms. The third-order valence-corrected chi connectivity index (χ3v) is 5.63. The fraction of sp³-hybridized carbons (Fsp3) is 0.190. The second-order valence-corrected chi connectivity index (χ2v) is 7.98. The lowest BCUT2D eigenvalue weighted by molar-refractivity contribution is -0.115. The van der Waals surface area contributed by atoms with E-state index in [0.29, 0.717) is 16.6 Å². The van der Waals surface area contributed by atoms with E-state index in [1.165, 1.54) is 18.2 Å². The fourth-order valence-corrected chi connectivity index (χ4v) is 4.12. The van der Waals surface area contributed by atoms with E-state index in [9.17, 15) is 4.79 Å². The van der Waals surface area contributed by atoms with Crippen LogP contribution in [0.1, 0.15) is 22.9 Å². The van der Waals surface area contributed by atoms with Gasteiger partial charge in [0.05, 0.1) is 29.8 Å². The van der Waals surface area contributed by atoms with E-state index < -0.39 is 0 Å². The Morgan fingerprint density at radius 1 is 1.33 bits per heavy atom. The van der Waals surface area contributed by atoms with Crippen molar-refractivity contribution < 1.29 is 13.9 Å². The maximum atomic E-state index is 12.8. The van der Waals surface area contributed by atoms with Gasteiger partial charge in [0.25, 0.3) is 5.91 Å². The van der Waals surface area contributed by atoms with Crippen LogP contribution in [0.3, 0.4) is 0 Å². The number of nitrogens with one attached hydrogen (secondary N) is 2. The van der Waals surface area contributed by atoms with Crippen LogP contribution in [0, 0.1) is 6.92 Å². The van der Waals surface area contributed by atoms with Gasteiger partial charge in [0.2, 0.25) is 11.7 Å². The number of benzene rings is 2. The number of amidine groups is 1. The molecule has 0 radical (unpaired) electrons. The molecule has 2 N–H and O–H groups in total. The second kappa shape index (κ2) is 8.81. The average Bonchev–Trinajstić information content (AvgIpc) is 3.27. The molecule has 3 aromatic rings. The molecule has 2 heterocycles. The smallest absolute Gasteiger partial charge is 0.287 e. The standard InChI is InChI=1S/C21H19ClN4O3S/c1-12-7-13(9-15(8-12)28-2)16(21-23-5-6-29-21)11-24-20(27)19-25-17-4-3-14(22)10-18(17)30-26-19/h3-10,16H,11H2,1-2H3,(H,24,27)(H,25,26). The van der Waals surface area contributed by atoms with Crippen molar-refractivity contribution in [1.82, 2.24) is 15.0 Å². The lowest BCUT2D eigenvalue weighted by Crippen LogP contribution is -2.40. The summed E-state index contributed by atoms with van der Waals surface area (Å²) in [5, 5.41) is 3.54. The summed E-state index contributed by atoms with van der Waals surface area (Å²) >= 11 is 7.31. The summed E-state index contributed by atoms with van der Waals surface area (Å²) in [7, 11) is 1.62. The van der Waals surface area contributed by atoms with Crippen LogP contribution in [-0.4, -0.2) is 30.4 Å². The number of carbonyl (C=O) groups excluding carboxylic acids is 1. The Morgan fingerprint density at radius 3 is 2.97 bits per heavy atom. The third kappa shape index (κ3) is 4.44. The van der Waals surface area contributed by atoms with Crippen LogP contribution in [0.25, 0.3) is 0 Å².